The summed E-state index contributed by atoms with van der Waals surface area (Å²) in [6.45, 7) is 0.394. The van der Waals surface area contributed by atoms with E-state index in [1.165, 1.54) is 12.1 Å². The van der Waals surface area contributed by atoms with E-state index < -0.39 is 0 Å². The molecule has 2 aromatic rings. The second kappa shape index (κ2) is 5.87. The maximum absolute atomic E-state index is 12.7. The first kappa shape index (κ1) is 12.9. The van der Waals surface area contributed by atoms with Crippen LogP contribution in [0.2, 0.25) is 0 Å². The van der Waals surface area contributed by atoms with Gasteiger partial charge in [0.2, 0.25) is 0 Å². The first-order chi connectivity index (χ1) is 8.69. The molecule has 0 fully saturated rings. The van der Waals surface area contributed by atoms with Gasteiger partial charge in [-0.05, 0) is 45.8 Å². The van der Waals surface area contributed by atoms with Gasteiger partial charge in [0.05, 0.1) is 11.6 Å². The standard InChI is InChI=1S/C14H12BrFO2/c1-17-14-8-12(6-7-13(14)15)18-9-10-2-4-11(16)5-3-10/h2-8H,9H2,1H3. The fourth-order valence-corrected chi connectivity index (χ4v) is 1.89. The van der Waals surface area contributed by atoms with Gasteiger partial charge < -0.3 is 9.47 Å². The molecular formula is C14H12BrFO2. The molecule has 0 amide bonds. The Morgan fingerprint density at radius 3 is 2.50 bits per heavy atom. The van der Waals surface area contributed by atoms with Crippen molar-refractivity contribution in [1.82, 2.24) is 0 Å². The molecule has 0 atom stereocenters. The van der Waals surface area contributed by atoms with E-state index in [1.807, 2.05) is 12.1 Å². The smallest absolute Gasteiger partial charge is 0.136 e. The van der Waals surface area contributed by atoms with Crippen LogP contribution in [-0.4, -0.2) is 7.11 Å². The molecule has 94 valence electrons. The molecule has 0 aromatic heterocycles. The van der Waals surface area contributed by atoms with E-state index in [1.54, 1.807) is 25.3 Å². The van der Waals surface area contributed by atoms with Crippen LogP contribution in [0, 0.1) is 5.82 Å². The van der Waals surface area contributed by atoms with Crippen LogP contribution in [0.15, 0.2) is 46.9 Å². The summed E-state index contributed by atoms with van der Waals surface area (Å²) in [5.41, 5.74) is 0.915. The van der Waals surface area contributed by atoms with Crippen molar-refractivity contribution in [2.45, 2.75) is 6.61 Å². The van der Waals surface area contributed by atoms with Crippen LogP contribution in [0.5, 0.6) is 11.5 Å². The molecule has 0 saturated heterocycles. The zero-order valence-electron chi connectivity index (χ0n) is 9.82. The highest BCUT2D eigenvalue weighted by molar-refractivity contribution is 9.10. The van der Waals surface area contributed by atoms with Gasteiger partial charge >= 0.3 is 0 Å². The van der Waals surface area contributed by atoms with Crippen LogP contribution in [-0.2, 0) is 6.61 Å². The predicted molar refractivity (Wildman–Crippen MR) is 71.4 cm³/mol. The molecular weight excluding hydrogens is 299 g/mol. The van der Waals surface area contributed by atoms with Crippen LogP contribution in [0.1, 0.15) is 5.56 Å². The highest BCUT2D eigenvalue weighted by atomic mass is 79.9. The summed E-state index contributed by atoms with van der Waals surface area (Å²) in [5.74, 6) is 1.18. The normalized spacial score (nSPS) is 10.2. The minimum atomic E-state index is -0.246. The molecule has 0 aliphatic rings. The lowest BCUT2D eigenvalue weighted by Crippen LogP contribution is -1.96. The van der Waals surface area contributed by atoms with Gasteiger partial charge in [-0.1, -0.05) is 12.1 Å². The van der Waals surface area contributed by atoms with Crippen molar-refractivity contribution in [3.8, 4) is 11.5 Å². The molecule has 0 bridgehead atoms. The summed E-state index contributed by atoms with van der Waals surface area (Å²) in [4.78, 5) is 0. The second-order valence-electron chi connectivity index (χ2n) is 3.71. The maximum atomic E-state index is 12.7. The van der Waals surface area contributed by atoms with Crippen molar-refractivity contribution in [3.05, 3.63) is 58.3 Å². The fraction of sp³-hybridized carbons (Fsp3) is 0.143. The van der Waals surface area contributed by atoms with Crippen molar-refractivity contribution in [3.63, 3.8) is 0 Å². The number of hydrogen-bond donors (Lipinski definition) is 0. The number of ether oxygens (including phenoxy) is 2. The van der Waals surface area contributed by atoms with Gasteiger partial charge in [0.25, 0.3) is 0 Å². The summed E-state index contributed by atoms with van der Waals surface area (Å²) in [6, 6.07) is 11.7. The minimum absolute atomic E-state index is 0.246. The average molecular weight is 311 g/mol. The van der Waals surface area contributed by atoms with Crippen LogP contribution in [0.3, 0.4) is 0 Å². The van der Waals surface area contributed by atoms with Crippen molar-refractivity contribution in [2.24, 2.45) is 0 Å². The Hall–Kier alpha value is -1.55. The van der Waals surface area contributed by atoms with E-state index in [2.05, 4.69) is 15.9 Å². The number of hydrogen-bond acceptors (Lipinski definition) is 2. The summed E-state index contributed by atoms with van der Waals surface area (Å²) in [7, 11) is 1.60. The van der Waals surface area contributed by atoms with Crippen LogP contribution >= 0.6 is 15.9 Å². The molecule has 2 rings (SSSR count). The molecule has 18 heavy (non-hydrogen) atoms. The molecule has 4 heteroatoms. The van der Waals surface area contributed by atoms with Crippen molar-refractivity contribution in [2.75, 3.05) is 7.11 Å². The average Bonchev–Trinajstić information content (AvgIpc) is 2.39. The highest BCUT2D eigenvalue weighted by Crippen LogP contribution is 2.29. The molecule has 0 aliphatic heterocycles. The number of rotatable bonds is 4. The third-order valence-electron chi connectivity index (χ3n) is 2.44. The van der Waals surface area contributed by atoms with E-state index in [0.29, 0.717) is 18.1 Å². The Bertz CT molecular complexity index is 526. The molecule has 0 spiro atoms. The van der Waals surface area contributed by atoms with Gasteiger partial charge in [0.15, 0.2) is 0 Å². The van der Waals surface area contributed by atoms with Crippen molar-refractivity contribution >= 4 is 15.9 Å². The first-order valence-corrected chi connectivity index (χ1v) is 6.19. The van der Waals surface area contributed by atoms with Crippen LogP contribution in [0.25, 0.3) is 0 Å². The largest absolute Gasteiger partial charge is 0.495 e. The van der Waals surface area contributed by atoms with Gasteiger partial charge in [-0.25, -0.2) is 4.39 Å². The number of benzene rings is 2. The van der Waals surface area contributed by atoms with Crippen LogP contribution in [0.4, 0.5) is 4.39 Å². The van der Waals surface area contributed by atoms with Gasteiger partial charge in [-0.2, -0.15) is 0 Å². The zero-order valence-corrected chi connectivity index (χ0v) is 11.4. The van der Waals surface area contributed by atoms with Crippen LogP contribution < -0.4 is 9.47 Å². The first-order valence-electron chi connectivity index (χ1n) is 5.40. The number of halogens is 2. The maximum Gasteiger partial charge on any atom is 0.136 e. The second-order valence-corrected chi connectivity index (χ2v) is 4.57. The fourth-order valence-electron chi connectivity index (χ4n) is 1.48. The van der Waals surface area contributed by atoms with Crippen molar-refractivity contribution < 1.29 is 13.9 Å². The van der Waals surface area contributed by atoms with Crippen molar-refractivity contribution in [1.29, 1.82) is 0 Å². The molecule has 0 radical (unpaired) electrons. The number of methoxy groups -OCH3 is 1. The lowest BCUT2D eigenvalue weighted by molar-refractivity contribution is 0.303. The van der Waals surface area contributed by atoms with E-state index in [4.69, 9.17) is 9.47 Å². The Morgan fingerprint density at radius 1 is 1.11 bits per heavy atom. The molecule has 0 N–H and O–H groups in total. The quantitative estimate of drug-likeness (QED) is 0.843. The van der Waals surface area contributed by atoms with Gasteiger partial charge in [0, 0.05) is 6.07 Å². The Kier molecular flexibility index (Phi) is 4.20. The predicted octanol–water partition coefficient (Wildman–Crippen LogP) is 4.18. The molecule has 0 unspecified atom stereocenters. The highest BCUT2D eigenvalue weighted by Gasteiger charge is 2.03. The van der Waals surface area contributed by atoms with Gasteiger partial charge in [0.1, 0.15) is 23.9 Å². The summed E-state index contributed by atoms with van der Waals surface area (Å²) in [6.07, 6.45) is 0. The lowest BCUT2D eigenvalue weighted by Gasteiger charge is -2.09. The third kappa shape index (κ3) is 3.23. The topological polar surface area (TPSA) is 18.5 Å². The third-order valence-corrected chi connectivity index (χ3v) is 3.10. The summed E-state index contributed by atoms with van der Waals surface area (Å²) < 4.78 is 24.4. The Balaban J connectivity index is 2.04. The lowest BCUT2D eigenvalue weighted by atomic mass is 10.2. The summed E-state index contributed by atoms with van der Waals surface area (Å²) >= 11 is 3.37. The molecule has 0 heterocycles. The van der Waals surface area contributed by atoms with Gasteiger partial charge in [-0.15, -0.1) is 0 Å². The Labute approximate surface area is 113 Å². The molecule has 2 nitrogen and oxygen atoms in total. The van der Waals surface area contributed by atoms with E-state index in [9.17, 15) is 4.39 Å². The molecule has 2 aromatic carbocycles. The zero-order chi connectivity index (χ0) is 13.0. The minimum Gasteiger partial charge on any atom is -0.495 e. The SMILES string of the molecule is COc1cc(OCc2ccc(F)cc2)ccc1Br. The molecule has 0 aliphatic carbocycles. The molecule has 0 saturated carbocycles. The van der Waals surface area contributed by atoms with Gasteiger partial charge in [-0.3, -0.25) is 0 Å². The van der Waals surface area contributed by atoms with E-state index >= 15 is 0 Å². The van der Waals surface area contributed by atoms with E-state index in [-0.39, 0.29) is 5.82 Å². The Morgan fingerprint density at radius 2 is 1.83 bits per heavy atom. The summed E-state index contributed by atoms with van der Waals surface area (Å²) in [5, 5.41) is 0. The monoisotopic (exact) mass is 310 g/mol. The van der Waals surface area contributed by atoms with E-state index in [0.717, 1.165) is 10.0 Å².